The van der Waals surface area contributed by atoms with Crippen LogP contribution < -0.4 is 15.0 Å². The molecule has 1 N–H and O–H groups in total. The van der Waals surface area contributed by atoms with Crippen molar-refractivity contribution in [1.29, 1.82) is 0 Å². The van der Waals surface area contributed by atoms with Crippen molar-refractivity contribution in [3.8, 4) is 11.8 Å². The highest BCUT2D eigenvalue weighted by atomic mass is 32.1. The van der Waals surface area contributed by atoms with E-state index in [2.05, 4.69) is 51.0 Å². The standard InChI is InChI=1S/C25H29FN6OS/c1-15(2)21-14-27-25(34-21)29-22-13-23(32-7-5-31(4)6-8-32)30-24(28-22)33-18-11-17-9-16(3)10-19(17)20(26)12-18/h9,11-15H,5-8,10H2,1-4H3,(H,27,28,29,30). The van der Waals surface area contributed by atoms with Crippen LogP contribution in [0.1, 0.15) is 42.7 Å². The van der Waals surface area contributed by atoms with Crippen molar-refractivity contribution >= 4 is 34.2 Å². The SMILES string of the molecule is CC1=Cc2cc(Oc3nc(Nc4ncc(C(C)C)s4)cc(N4CCN(C)CC4)n3)cc(F)c2C1. The number of rotatable bonds is 6. The minimum Gasteiger partial charge on any atom is -0.424 e. The van der Waals surface area contributed by atoms with Gasteiger partial charge in [-0.05, 0) is 43.5 Å². The first-order chi connectivity index (χ1) is 16.3. The lowest BCUT2D eigenvalue weighted by atomic mass is 10.1. The fourth-order valence-electron chi connectivity index (χ4n) is 4.15. The number of nitrogens with zero attached hydrogens (tertiary/aromatic N) is 5. The van der Waals surface area contributed by atoms with Crippen LogP contribution in [0, 0.1) is 5.82 Å². The largest absolute Gasteiger partial charge is 0.424 e. The van der Waals surface area contributed by atoms with Gasteiger partial charge >= 0.3 is 6.01 Å². The molecule has 0 amide bonds. The number of allylic oxidation sites excluding steroid dienone is 1. The van der Waals surface area contributed by atoms with Crippen molar-refractivity contribution in [2.75, 3.05) is 43.4 Å². The number of ether oxygens (including phenoxy) is 1. The number of halogens is 1. The molecular weight excluding hydrogens is 451 g/mol. The van der Waals surface area contributed by atoms with Gasteiger partial charge in [-0.25, -0.2) is 9.37 Å². The Morgan fingerprint density at radius 2 is 1.91 bits per heavy atom. The Morgan fingerprint density at radius 1 is 1.12 bits per heavy atom. The first-order valence-corrected chi connectivity index (χ1v) is 12.4. The fraction of sp³-hybridized carbons (Fsp3) is 0.400. The van der Waals surface area contributed by atoms with Crippen LogP contribution in [0.5, 0.6) is 11.8 Å². The summed E-state index contributed by atoms with van der Waals surface area (Å²) in [6, 6.07) is 5.37. The smallest absolute Gasteiger partial charge is 0.325 e. The van der Waals surface area contributed by atoms with Crippen LogP contribution in [0.2, 0.25) is 0 Å². The number of piperazine rings is 1. The van der Waals surface area contributed by atoms with Gasteiger partial charge in [-0.1, -0.05) is 25.5 Å². The Labute approximate surface area is 203 Å². The molecule has 5 rings (SSSR count). The fourth-order valence-corrected chi connectivity index (χ4v) is 4.97. The van der Waals surface area contributed by atoms with E-state index in [-0.39, 0.29) is 11.8 Å². The summed E-state index contributed by atoms with van der Waals surface area (Å²) < 4.78 is 20.7. The molecule has 9 heteroatoms. The summed E-state index contributed by atoms with van der Waals surface area (Å²) in [7, 11) is 2.12. The number of hydrogen-bond acceptors (Lipinski definition) is 8. The van der Waals surface area contributed by atoms with Crippen LogP contribution in [-0.4, -0.2) is 53.1 Å². The predicted molar refractivity (Wildman–Crippen MR) is 135 cm³/mol. The summed E-state index contributed by atoms with van der Waals surface area (Å²) in [5.41, 5.74) is 2.70. The van der Waals surface area contributed by atoms with Crippen LogP contribution in [0.4, 0.5) is 21.2 Å². The molecule has 0 unspecified atom stereocenters. The van der Waals surface area contributed by atoms with E-state index in [9.17, 15) is 4.39 Å². The van der Waals surface area contributed by atoms with Gasteiger partial charge in [-0.2, -0.15) is 9.97 Å². The zero-order chi connectivity index (χ0) is 23.8. The monoisotopic (exact) mass is 480 g/mol. The van der Waals surface area contributed by atoms with Gasteiger partial charge < -0.3 is 19.9 Å². The number of hydrogen-bond donors (Lipinski definition) is 1. The lowest BCUT2D eigenvalue weighted by Crippen LogP contribution is -2.44. The topological polar surface area (TPSA) is 66.4 Å². The molecule has 0 saturated carbocycles. The zero-order valence-electron chi connectivity index (χ0n) is 19.9. The van der Waals surface area contributed by atoms with E-state index < -0.39 is 0 Å². The Hall–Kier alpha value is -3.04. The second-order valence-corrected chi connectivity index (χ2v) is 10.3. The Morgan fingerprint density at radius 3 is 2.65 bits per heavy atom. The van der Waals surface area contributed by atoms with E-state index in [0.717, 1.165) is 48.3 Å². The van der Waals surface area contributed by atoms with Gasteiger partial charge in [-0.3, -0.25) is 0 Å². The molecule has 0 bridgehead atoms. The van der Waals surface area contributed by atoms with Crippen molar-refractivity contribution in [3.05, 3.63) is 51.8 Å². The number of nitrogens with one attached hydrogen (secondary N) is 1. The summed E-state index contributed by atoms with van der Waals surface area (Å²) in [5.74, 6) is 1.91. The molecular formula is C25H29FN6OS. The third kappa shape index (κ3) is 4.90. The van der Waals surface area contributed by atoms with Crippen molar-refractivity contribution in [2.45, 2.75) is 33.1 Å². The normalized spacial score (nSPS) is 16.1. The zero-order valence-corrected chi connectivity index (χ0v) is 20.7. The molecule has 1 aliphatic heterocycles. The van der Waals surface area contributed by atoms with E-state index in [4.69, 9.17) is 4.74 Å². The van der Waals surface area contributed by atoms with E-state index >= 15 is 0 Å². The molecule has 2 aliphatic rings. The number of likely N-dealkylation sites (N-methyl/N-ethyl adjacent to an activating group) is 1. The highest BCUT2D eigenvalue weighted by Crippen LogP contribution is 2.34. The minimum absolute atomic E-state index is 0.178. The number of thiazole rings is 1. The molecule has 1 fully saturated rings. The molecule has 2 aromatic heterocycles. The lowest BCUT2D eigenvalue weighted by Gasteiger charge is -2.33. The van der Waals surface area contributed by atoms with Crippen LogP contribution >= 0.6 is 11.3 Å². The Kier molecular flexibility index (Phi) is 6.22. The summed E-state index contributed by atoms with van der Waals surface area (Å²) >= 11 is 1.60. The molecule has 34 heavy (non-hydrogen) atoms. The lowest BCUT2D eigenvalue weighted by molar-refractivity contribution is 0.311. The van der Waals surface area contributed by atoms with E-state index in [1.54, 1.807) is 11.3 Å². The third-order valence-electron chi connectivity index (χ3n) is 6.12. The molecule has 3 heterocycles. The van der Waals surface area contributed by atoms with Crippen molar-refractivity contribution in [2.24, 2.45) is 0 Å². The van der Waals surface area contributed by atoms with Crippen LogP contribution in [-0.2, 0) is 6.42 Å². The number of fused-ring (bicyclic) bond motifs is 1. The first-order valence-electron chi connectivity index (χ1n) is 11.6. The van der Waals surface area contributed by atoms with Gasteiger partial charge in [0, 0.05) is 49.4 Å². The van der Waals surface area contributed by atoms with Gasteiger partial charge in [0.25, 0.3) is 0 Å². The number of aromatic nitrogens is 3. The molecule has 3 aromatic rings. The molecule has 0 radical (unpaired) electrons. The van der Waals surface area contributed by atoms with Gasteiger partial charge in [0.05, 0.1) is 0 Å². The maximum absolute atomic E-state index is 14.7. The first kappa shape index (κ1) is 22.7. The predicted octanol–water partition coefficient (Wildman–Crippen LogP) is 5.44. The minimum atomic E-state index is -0.266. The molecule has 1 aliphatic carbocycles. The summed E-state index contributed by atoms with van der Waals surface area (Å²) in [6.07, 6.45) is 4.52. The quantitative estimate of drug-likeness (QED) is 0.504. The Bertz CT molecular complexity index is 1230. The highest BCUT2D eigenvalue weighted by Gasteiger charge is 2.20. The summed E-state index contributed by atoms with van der Waals surface area (Å²) in [4.78, 5) is 19.4. The van der Waals surface area contributed by atoms with Gasteiger partial charge in [0.1, 0.15) is 23.2 Å². The molecule has 1 aromatic carbocycles. The van der Waals surface area contributed by atoms with Crippen LogP contribution in [0.25, 0.3) is 6.08 Å². The van der Waals surface area contributed by atoms with Crippen molar-refractivity contribution in [3.63, 3.8) is 0 Å². The maximum Gasteiger partial charge on any atom is 0.325 e. The van der Waals surface area contributed by atoms with Crippen molar-refractivity contribution < 1.29 is 9.13 Å². The second-order valence-electron chi connectivity index (χ2n) is 9.27. The average molecular weight is 481 g/mol. The summed E-state index contributed by atoms with van der Waals surface area (Å²) in [6.45, 7) is 9.92. The molecule has 7 nitrogen and oxygen atoms in total. The van der Waals surface area contributed by atoms with E-state index in [0.29, 0.717) is 29.5 Å². The van der Waals surface area contributed by atoms with Gasteiger partial charge in [0.15, 0.2) is 5.13 Å². The van der Waals surface area contributed by atoms with Crippen LogP contribution in [0.15, 0.2) is 30.0 Å². The van der Waals surface area contributed by atoms with E-state index in [1.165, 1.54) is 10.9 Å². The van der Waals surface area contributed by atoms with Gasteiger partial charge in [-0.15, -0.1) is 11.3 Å². The summed E-state index contributed by atoms with van der Waals surface area (Å²) in [5, 5.41) is 4.07. The van der Waals surface area contributed by atoms with Crippen LogP contribution in [0.3, 0.4) is 0 Å². The Balaban J connectivity index is 1.46. The third-order valence-corrected chi connectivity index (χ3v) is 7.33. The second kappa shape index (κ2) is 9.31. The number of benzene rings is 1. The molecule has 0 atom stereocenters. The molecule has 0 spiro atoms. The van der Waals surface area contributed by atoms with Crippen molar-refractivity contribution in [1.82, 2.24) is 19.9 Å². The van der Waals surface area contributed by atoms with Gasteiger partial charge in [0.2, 0.25) is 0 Å². The maximum atomic E-state index is 14.7. The highest BCUT2D eigenvalue weighted by molar-refractivity contribution is 7.15. The molecule has 1 saturated heterocycles. The molecule has 178 valence electrons. The number of anilines is 3. The van der Waals surface area contributed by atoms with E-state index in [1.807, 2.05) is 31.3 Å². The average Bonchev–Trinajstić information content (AvgIpc) is 3.40.